The highest BCUT2D eigenvalue weighted by Gasteiger charge is 2.34. The Kier molecular flexibility index (Phi) is 4.31. The van der Waals surface area contributed by atoms with Crippen LogP contribution < -0.4 is 14.4 Å². The maximum Gasteiger partial charge on any atom is 0.281 e. The summed E-state index contributed by atoms with van der Waals surface area (Å²) in [6.45, 7) is 0.278. The minimum absolute atomic E-state index is 0.0256. The summed E-state index contributed by atoms with van der Waals surface area (Å²) >= 11 is 5.98. The van der Waals surface area contributed by atoms with Gasteiger partial charge in [0.2, 0.25) is 0 Å². The number of methoxy groups -OCH3 is 2. The van der Waals surface area contributed by atoms with Crippen LogP contribution in [0, 0.1) is 0 Å². The molecule has 1 aliphatic rings. The molecule has 6 nitrogen and oxygen atoms in total. The van der Waals surface area contributed by atoms with E-state index in [4.69, 9.17) is 21.1 Å². The van der Waals surface area contributed by atoms with Crippen molar-refractivity contribution in [1.82, 2.24) is 0 Å². The van der Waals surface area contributed by atoms with Gasteiger partial charge in [0.15, 0.2) is 5.71 Å². The summed E-state index contributed by atoms with van der Waals surface area (Å²) in [4.78, 5) is 14.1. The second-order valence-corrected chi connectivity index (χ2v) is 5.66. The van der Waals surface area contributed by atoms with Crippen LogP contribution in [0.5, 0.6) is 11.5 Å². The van der Waals surface area contributed by atoms with Crippen LogP contribution >= 0.6 is 11.6 Å². The number of amides is 1. The van der Waals surface area contributed by atoms with Gasteiger partial charge >= 0.3 is 0 Å². The van der Waals surface area contributed by atoms with Crippen LogP contribution in [0.2, 0.25) is 5.02 Å². The molecule has 0 fully saturated rings. The van der Waals surface area contributed by atoms with Gasteiger partial charge in [-0.2, -0.15) is 0 Å². The molecule has 24 heavy (non-hydrogen) atoms. The molecule has 1 amide bonds. The fraction of sp³-hybridized carbons (Fsp3) is 0.176. The van der Waals surface area contributed by atoms with Crippen LogP contribution in [0.15, 0.2) is 41.6 Å². The Hall–Kier alpha value is -2.73. The Labute approximate surface area is 143 Å². The van der Waals surface area contributed by atoms with Gasteiger partial charge in [-0.25, -0.2) is 0 Å². The molecule has 0 unspecified atom stereocenters. The van der Waals surface area contributed by atoms with Gasteiger partial charge in [0.25, 0.3) is 5.91 Å². The second-order valence-electron chi connectivity index (χ2n) is 5.22. The first-order valence-corrected chi connectivity index (χ1v) is 7.51. The van der Waals surface area contributed by atoms with E-state index in [-0.39, 0.29) is 12.3 Å². The number of hydrogen-bond acceptors (Lipinski definition) is 5. The molecule has 0 atom stereocenters. The average molecular weight is 347 g/mol. The Morgan fingerprint density at radius 2 is 1.79 bits per heavy atom. The summed E-state index contributed by atoms with van der Waals surface area (Å²) in [6.07, 6.45) is 0. The van der Waals surface area contributed by atoms with E-state index in [1.165, 1.54) is 4.90 Å². The number of ether oxygens (including phenoxy) is 2. The smallest absolute Gasteiger partial charge is 0.281 e. The zero-order valence-corrected chi connectivity index (χ0v) is 13.9. The number of nitrogens with zero attached hydrogens (tertiary/aromatic N) is 2. The number of hydrogen-bond donors (Lipinski definition) is 1. The normalized spacial score (nSPS) is 14.9. The standard InChI is InChI=1S/C17H15ClN2O4/c1-23-12-5-10(6-13(8-12)24-2)9-20-15-4-3-11(18)7-14(15)16(19-22)17(20)21/h3-8,22H,9H2,1-2H3/b19-16-. The van der Waals surface area contributed by atoms with Gasteiger partial charge in [-0.15, -0.1) is 0 Å². The molecular formula is C17H15ClN2O4. The maximum atomic E-state index is 12.5. The van der Waals surface area contributed by atoms with E-state index < -0.39 is 5.91 Å². The summed E-state index contributed by atoms with van der Waals surface area (Å²) in [7, 11) is 3.13. The zero-order valence-electron chi connectivity index (χ0n) is 13.1. The molecule has 0 aromatic heterocycles. The third kappa shape index (κ3) is 2.76. The van der Waals surface area contributed by atoms with Crippen LogP contribution in [-0.2, 0) is 11.3 Å². The van der Waals surface area contributed by atoms with E-state index in [2.05, 4.69) is 5.16 Å². The quantitative estimate of drug-likeness (QED) is 0.682. The van der Waals surface area contributed by atoms with Crippen LogP contribution in [0.1, 0.15) is 11.1 Å². The Bertz CT molecular complexity index is 813. The number of oxime groups is 1. The van der Waals surface area contributed by atoms with Crippen molar-refractivity contribution in [2.75, 3.05) is 19.1 Å². The lowest BCUT2D eigenvalue weighted by molar-refractivity contribution is -0.112. The molecule has 0 saturated carbocycles. The molecule has 7 heteroatoms. The molecule has 0 bridgehead atoms. The molecule has 2 aromatic carbocycles. The lowest BCUT2D eigenvalue weighted by atomic mass is 10.1. The van der Waals surface area contributed by atoms with E-state index >= 15 is 0 Å². The number of benzene rings is 2. The minimum atomic E-state index is -0.392. The monoisotopic (exact) mass is 346 g/mol. The average Bonchev–Trinajstić information content (AvgIpc) is 2.85. The van der Waals surface area contributed by atoms with E-state index in [1.807, 2.05) is 12.1 Å². The third-order valence-electron chi connectivity index (χ3n) is 3.80. The molecule has 1 N–H and O–H groups in total. The molecule has 3 rings (SSSR count). The summed E-state index contributed by atoms with van der Waals surface area (Å²) in [5, 5.41) is 12.8. The van der Waals surface area contributed by atoms with Crippen molar-refractivity contribution in [2.24, 2.45) is 5.16 Å². The van der Waals surface area contributed by atoms with Crippen molar-refractivity contribution in [2.45, 2.75) is 6.54 Å². The topological polar surface area (TPSA) is 71.4 Å². The van der Waals surface area contributed by atoms with Gasteiger partial charge in [0.05, 0.1) is 26.5 Å². The highest BCUT2D eigenvalue weighted by atomic mass is 35.5. The first-order chi connectivity index (χ1) is 11.6. The molecular weight excluding hydrogens is 332 g/mol. The van der Waals surface area contributed by atoms with E-state index in [0.29, 0.717) is 27.8 Å². The second kappa shape index (κ2) is 6.41. The third-order valence-corrected chi connectivity index (χ3v) is 4.04. The van der Waals surface area contributed by atoms with Crippen LogP contribution in [0.25, 0.3) is 0 Å². The van der Waals surface area contributed by atoms with Crippen LogP contribution in [0.4, 0.5) is 5.69 Å². The number of fused-ring (bicyclic) bond motifs is 1. The molecule has 1 aliphatic heterocycles. The van der Waals surface area contributed by atoms with Gasteiger partial charge in [-0.3, -0.25) is 4.79 Å². The molecule has 0 aliphatic carbocycles. The highest BCUT2D eigenvalue weighted by Crippen LogP contribution is 2.34. The van der Waals surface area contributed by atoms with Crippen LogP contribution in [-0.4, -0.2) is 31.0 Å². The van der Waals surface area contributed by atoms with Gasteiger partial charge in [-0.1, -0.05) is 16.8 Å². The fourth-order valence-corrected chi connectivity index (χ4v) is 2.85. The highest BCUT2D eigenvalue weighted by molar-refractivity contribution is 6.54. The predicted octanol–water partition coefficient (Wildman–Crippen LogP) is 3.08. The summed E-state index contributed by atoms with van der Waals surface area (Å²) in [6, 6.07) is 10.4. The summed E-state index contributed by atoms with van der Waals surface area (Å²) < 4.78 is 10.5. The van der Waals surface area contributed by atoms with E-state index in [9.17, 15) is 10.0 Å². The van der Waals surface area contributed by atoms with E-state index in [0.717, 1.165) is 5.56 Å². The summed E-state index contributed by atoms with van der Waals surface area (Å²) in [5.74, 6) is 0.864. The van der Waals surface area contributed by atoms with Crippen molar-refractivity contribution in [3.8, 4) is 11.5 Å². The largest absolute Gasteiger partial charge is 0.497 e. The van der Waals surface area contributed by atoms with Crippen LogP contribution in [0.3, 0.4) is 0 Å². The Balaban J connectivity index is 2.01. The first-order valence-electron chi connectivity index (χ1n) is 7.13. The minimum Gasteiger partial charge on any atom is -0.497 e. The fourth-order valence-electron chi connectivity index (χ4n) is 2.68. The Morgan fingerprint density at radius 1 is 1.12 bits per heavy atom. The molecule has 0 spiro atoms. The van der Waals surface area contributed by atoms with E-state index in [1.54, 1.807) is 38.5 Å². The van der Waals surface area contributed by atoms with Crippen molar-refractivity contribution >= 4 is 28.9 Å². The molecule has 2 aromatic rings. The van der Waals surface area contributed by atoms with Gasteiger partial charge < -0.3 is 19.6 Å². The van der Waals surface area contributed by atoms with Crippen molar-refractivity contribution in [1.29, 1.82) is 0 Å². The molecule has 0 radical (unpaired) electrons. The SMILES string of the molecule is COc1cc(CN2C(=O)/C(=N\O)c3cc(Cl)ccc32)cc(OC)c1. The van der Waals surface area contributed by atoms with Crippen molar-refractivity contribution < 1.29 is 19.5 Å². The summed E-state index contributed by atoms with van der Waals surface area (Å²) in [5.41, 5.74) is 1.94. The first kappa shape index (κ1) is 16.1. The number of carbonyl (C=O) groups is 1. The van der Waals surface area contributed by atoms with Crippen molar-refractivity contribution in [3.05, 3.63) is 52.5 Å². The van der Waals surface area contributed by atoms with Gasteiger partial charge in [0, 0.05) is 16.7 Å². The number of halogens is 1. The molecule has 1 heterocycles. The maximum absolute atomic E-state index is 12.5. The lowest BCUT2D eigenvalue weighted by Crippen LogP contribution is -2.29. The number of anilines is 1. The van der Waals surface area contributed by atoms with Gasteiger partial charge in [-0.05, 0) is 35.9 Å². The molecule has 124 valence electrons. The number of carbonyl (C=O) groups excluding carboxylic acids is 1. The van der Waals surface area contributed by atoms with Gasteiger partial charge in [0.1, 0.15) is 11.5 Å². The molecule has 0 saturated heterocycles. The predicted molar refractivity (Wildman–Crippen MR) is 90.5 cm³/mol. The van der Waals surface area contributed by atoms with Crippen molar-refractivity contribution in [3.63, 3.8) is 0 Å². The lowest BCUT2D eigenvalue weighted by Gasteiger charge is -2.18. The zero-order chi connectivity index (χ0) is 17.3. The Morgan fingerprint density at radius 3 is 2.38 bits per heavy atom. The number of rotatable bonds is 4.